The van der Waals surface area contributed by atoms with Crippen molar-refractivity contribution in [2.75, 3.05) is 6.54 Å². The van der Waals surface area contributed by atoms with E-state index in [1.54, 1.807) is 11.0 Å². The molecule has 1 fully saturated rings. The summed E-state index contributed by atoms with van der Waals surface area (Å²) in [5.74, 6) is -1.61. The highest BCUT2D eigenvalue weighted by Crippen LogP contribution is 2.15. The molecule has 0 bridgehead atoms. The highest BCUT2D eigenvalue weighted by Gasteiger charge is 2.32. The Labute approximate surface area is 128 Å². The van der Waals surface area contributed by atoms with Crippen LogP contribution >= 0.6 is 0 Å². The van der Waals surface area contributed by atoms with E-state index < -0.39 is 17.8 Å². The van der Waals surface area contributed by atoms with Crippen LogP contribution in [0.5, 0.6) is 0 Å². The lowest BCUT2D eigenvalue weighted by molar-refractivity contribution is -0.197. The zero-order valence-corrected chi connectivity index (χ0v) is 12.2. The van der Waals surface area contributed by atoms with Crippen molar-refractivity contribution in [2.45, 2.75) is 38.5 Å². The lowest BCUT2D eigenvalue weighted by atomic mass is 10.2. The molecule has 7 nitrogen and oxygen atoms in total. The molecule has 0 spiro atoms. The fourth-order valence-corrected chi connectivity index (χ4v) is 2.26. The average Bonchev–Trinajstić information content (AvgIpc) is 2.96. The molecular weight excluding hydrogens is 288 g/mol. The lowest BCUT2D eigenvalue weighted by Crippen LogP contribution is -2.31. The number of hydroxylamine groups is 2. The van der Waals surface area contributed by atoms with Crippen LogP contribution in [0.1, 0.15) is 38.5 Å². The Morgan fingerprint density at radius 1 is 1.09 bits per heavy atom. The summed E-state index contributed by atoms with van der Waals surface area (Å²) in [6.07, 6.45) is 5.49. The third kappa shape index (κ3) is 3.81. The van der Waals surface area contributed by atoms with Gasteiger partial charge in [-0.1, -0.05) is 13.0 Å². The van der Waals surface area contributed by atoms with E-state index in [9.17, 15) is 19.2 Å². The molecule has 1 saturated heterocycles. The fraction of sp³-hybridized carbons (Fsp3) is 0.467. The van der Waals surface area contributed by atoms with Crippen molar-refractivity contribution in [1.82, 2.24) is 9.96 Å². The number of nitrogens with zero attached hydrogens (tertiary/aromatic N) is 2. The maximum Gasteiger partial charge on any atom is 0.333 e. The topological polar surface area (TPSA) is 84.0 Å². The average molecular weight is 306 g/mol. The van der Waals surface area contributed by atoms with Gasteiger partial charge in [0.2, 0.25) is 0 Å². The number of unbranched alkanes of at least 4 members (excludes halogenated alkanes) is 2. The summed E-state index contributed by atoms with van der Waals surface area (Å²) in [6, 6.07) is 0. The van der Waals surface area contributed by atoms with E-state index in [0.29, 0.717) is 23.7 Å². The van der Waals surface area contributed by atoms with E-state index in [1.807, 2.05) is 0 Å². The Kier molecular flexibility index (Phi) is 5.08. The number of carbonyl (C=O) groups is 4. The molecule has 0 radical (unpaired) electrons. The summed E-state index contributed by atoms with van der Waals surface area (Å²) in [5.41, 5.74) is 0.676. The van der Waals surface area contributed by atoms with Crippen molar-refractivity contribution >= 4 is 23.7 Å². The third-order valence-electron chi connectivity index (χ3n) is 3.49. The largest absolute Gasteiger partial charge is 0.333 e. The SMILES string of the molecule is C=C1C=CC(=O)N1CCCCCC(=O)ON1C(=O)CCC1=O. The van der Waals surface area contributed by atoms with Crippen LogP contribution in [-0.2, 0) is 24.0 Å². The van der Waals surface area contributed by atoms with Crippen LogP contribution in [0.25, 0.3) is 0 Å². The van der Waals surface area contributed by atoms with Crippen molar-refractivity contribution in [2.24, 2.45) is 0 Å². The number of imide groups is 1. The lowest BCUT2D eigenvalue weighted by Gasteiger charge is -2.16. The molecule has 2 aliphatic heterocycles. The Hall–Kier alpha value is -2.44. The van der Waals surface area contributed by atoms with Gasteiger partial charge in [0.25, 0.3) is 17.7 Å². The summed E-state index contributed by atoms with van der Waals surface area (Å²) in [7, 11) is 0. The Morgan fingerprint density at radius 3 is 2.36 bits per heavy atom. The maximum absolute atomic E-state index is 11.6. The van der Waals surface area contributed by atoms with Crippen LogP contribution in [0.4, 0.5) is 0 Å². The number of allylic oxidation sites excluding steroid dienone is 1. The summed E-state index contributed by atoms with van der Waals surface area (Å²) < 4.78 is 0. The van der Waals surface area contributed by atoms with Crippen LogP contribution in [0.3, 0.4) is 0 Å². The zero-order chi connectivity index (χ0) is 16.1. The predicted molar refractivity (Wildman–Crippen MR) is 75.6 cm³/mol. The van der Waals surface area contributed by atoms with Gasteiger partial charge in [-0.2, -0.15) is 0 Å². The van der Waals surface area contributed by atoms with E-state index >= 15 is 0 Å². The molecule has 118 valence electrons. The van der Waals surface area contributed by atoms with Gasteiger partial charge in [-0.3, -0.25) is 14.4 Å². The number of rotatable bonds is 7. The predicted octanol–water partition coefficient (Wildman–Crippen LogP) is 1.07. The summed E-state index contributed by atoms with van der Waals surface area (Å²) in [5, 5.41) is 0.556. The molecule has 0 aromatic carbocycles. The molecule has 7 heteroatoms. The smallest absolute Gasteiger partial charge is 0.330 e. The molecule has 0 N–H and O–H groups in total. The molecule has 2 heterocycles. The van der Waals surface area contributed by atoms with Crippen molar-refractivity contribution in [3.8, 4) is 0 Å². The molecule has 3 amide bonds. The Balaban J connectivity index is 1.60. The van der Waals surface area contributed by atoms with Crippen molar-refractivity contribution in [3.05, 3.63) is 24.4 Å². The van der Waals surface area contributed by atoms with Gasteiger partial charge in [0, 0.05) is 37.6 Å². The van der Waals surface area contributed by atoms with Crippen molar-refractivity contribution in [1.29, 1.82) is 0 Å². The maximum atomic E-state index is 11.6. The van der Waals surface area contributed by atoms with E-state index in [0.717, 1.165) is 12.8 Å². The molecular formula is C15H18N2O5. The van der Waals surface area contributed by atoms with Gasteiger partial charge in [0.1, 0.15) is 0 Å². The van der Waals surface area contributed by atoms with Crippen molar-refractivity contribution in [3.63, 3.8) is 0 Å². The normalized spacial score (nSPS) is 17.8. The molecule has 0 aromatic rings. The molecule has 0 aliphatic carbocycles. The van der Waals surface area contributed by atoms with Gasteiger partial charge in [0.05, 0.1) is 0 Å². The second kappa shape index (κ2) is 7.02. The second-order valence-electron chi connectivity index (χ2n) is 5.17. The monoisotopic (exact) mass is 306 g/mol. The standard InChI is InChI=1S/C15H18N2O5/c1-11-6-7-12(18)16(11)10-4-2-3-5-15(21)22-17-13(19)8-9-14(17)20/h6-7H,1-5,8-10H2. The molecule has 0 atom stereocenters. The van der Waals surface area contributed by atoms with Crippen LogP contribution in [-0.4, -0.2) is 40.2 Å². The first-order valence-corrected chi connectivity index (χ1v) is 7.24. The minimum absolute atomic E-state index is 0.0736. The molecule has 0 saturated carbocycles. The van der Waals surface area contributed by atoms with Crippen molar-refractivity contribution < 1.29 is 24.0 Å². The Morgan fingerprint density at radius 2 is 1.77 bits per heavy atom. The Bertz CT molecular complexity index is 518. The molecule has 22 heavy (non-hydrogen) atoms. The van der Waals surface area contributed by atoms with Crippen LogP contribution in [0.15, 0.2) is 24.4 Å². The van der Waals surface area contributed by atoms with Gasteiger partial charge < -0.3 is 9.74 Å². The van der Waals surface area contributed by atoms with Gasteiger partial charge in [-0.25, -0.2) is 4.79 Å². The first-order valence-electron chi connectivity index (χ1n) is 7.24. The number of amides is 3. The first-order chi connectivity index (χ1) is 10.5. The van der Waals surface area contributed by atoms with Crippen LogP contribution < -0.4 is 0 Å². The first kappa shape index (κ1) is 15.9. The van der Waals surface area contributed by atoms with Crippen LogP contribution in [0, 0.1) is 0 Å². The second-order valence-corrected chi connectivity index (χ2v) is 5.17. The molecule has 0 aromatic heterocycles. The van der Waals surface area contributed by atoms with E-state index in [2.05, 4.69) is 6.58 Å². The zero-order valence-electron chi connectivity index (χ0n) is 12.2. The minimum Gasteiger partial charge on any atom is -0.330 e. The third-order valence-corrected chi connectivity index (χ3v) is 3.49. The fourth-order valence-electron chi connectivity index (χ4n) is 2.26. The number of carbonyl (C=O) groups excluding carboxylic acids is 4. The molecule has 2 rings (SSSR count). The van der Waals surface area contributed by atoms with E-state index in [4.69, 9.17) is 4.84 Å². The van der Waals surface area contributed by atoms with E-state index in [-0.39, 0.29) is 25.2 Å². The van der Waals surface area contributed by atoms with Gasteiger partial charge >= 0.3 is 5.97 Å². The minimum atomic E-state index is -0.591. The molecule has 2 aliphatic rings. The highest BCUT2D eigenvalue weighted by molar-refractivity contribution is 6.01. The van der Waals surface area contributed by atoms with Gasteiger partial charge in [-0.15, -0.1) is 5.06 Å². The summed E-state index contributed by atoms with van der Waals surface area (Å²) in [6.45, 7) is 4.32. The number of hydrogen-bond acceptors (Lipinski definition) is 5. The molecule has 0 unspecified atom stereocenters. The highest BCUT2D eigenvalue weighted by atomic mass is 16.7. The van der Waals surface area contributed by atoms with E-state index in [1.165, 1.54) is 6.08 Å². The summed E-state index contributed by atoms with van der Waals surface area (Å²) in [4.78, 5) is 51.9. The number of hydrogen-bond donors (Lipinski definition) is 0. The van der Waals surface area contributed by atoms with Gasteiger partial charge in [0.15, 0.2) is 0 Å². The van der Waals surface area contributed by atoms with Gasteiger partial charge in [-0.05, 0) is 18.9 Å². The van der Waals surface area contributed by atoms with Crippen LogP contribution in [0.2, 0.25) is 0 Å². The summed E-state index contributed by atoms with van der Waals surface area (Å²) >= 11 is 0. The quantitative estimate of drug-likeness (QED) is 0.519.